The fourth-order valence-electron chi connectivity index (χ4n) is 1.92. The summed E-state index contributed by atoms with van der Waals surface area (Å²) in [5, 5.41) is 2.94. The van der Waals surface area contributed by atoms with E-state index in [1.165, 1.54) is 12.8 Å². The molecule has 1 unspecified atom stereocenters. The van der Waals surface area contributed by atoms with E-state index >= 15 is 0 Å². The second-order valence-corrected chi connectivity index (χ2v) is 5.26. The van der Waals surface area contributed by atoms with E-state index in [1.54, 1.807) is 0 Å². The van der Waals surface area contributed by atoms with Crippen LogP contribution in [0.3, 0.4) is 0 Å². The van der Waals surface area contributed by atoms with Crippen molar-refractivity contribution < 1.29 is 4.79 Å². The van der Waals surface area contributed by atoms with Crippen molar-refractivity contribution in [3.05, 3.63) is 0 Å². The summed E-state index contributed by atoms with van der Waals surface area (Å²) in [7, 11) is 0. The SMILES string of the molecule is CC(C)CC(S)C(=O)NC1CCCC1. The molecule has 82 valence electrons. The molecule has 1 aliphatic carbocycles. The van der Waals surface area contributed by atoms with Crippen LogP contribution in [0.5, 0.6) is 0 Å². The van der Waals surface area contributed by atoms with Gasteiger partial charge in [-0.1, -0.05) is 26.7 Å². The van der Waals surface area contributed by atoms with Gasteiger partial charge < -0.3 is 5.32 Å². The van der Waals surface area contributed by atoms with Gasteiger partial charge in [0, 0.05) is 6.04 Å². The fraction of sp³-hybridized carbons (Fsp3) is 0.909. The zero-order valence-electron chi connectivity index (χ0n) is 9.12. The maximum Gasteiger partial charge on any atom is 0.233 e. The predicted octanol–water partition coefficient (Wildman–Crippen LogP) is 2.39. The van der Waals surface area contributed by atoms with Crippen molar-refractivity contribution in [3.8, 4) is 0 Å². The molecule has 3 heteroatoms. The molecule has 0 radical (unpaired) electrons. The summed E-state index contributed by atoms with van der Waals surface area (Å²) in [6, 6.07) is 0.421. The Labute approximate surface area is 92.2 Å². The van der Waals surface area contributed by atoms with Gasteiger partial charge in [0.25, 0.3) is 0 Å². The predicted molar refractivity (Wildman–Crippen MR) is 62.6 cm³/mol. The van der Waals surface area contributed by atoms with Crippen LogP contribution in [-0.4, -0.2) is 17.2 Å². The standard InChI is InChI=1S/C11H21NOS/c1-8(2)7-10(14)11(13)12-9-5-3-4-6-9/h8-10,14H,3-7H2,1-2H3,(H,12,13). The Kier molecular flexibility index (Phi) is 4.79. The first-order chi connectivity index (χ1) is 6.59. The molecule has 0 bridgehead atoms. The molecule has 0 aromatic heterocycles. The molecule has 1 rings (SSSR count). The van der Waals surface area contributed by atoms with E-state index in [0.717, 1.165) is 19.3 Å². The third-order valence-corrected chi connectivity index (χ3v) is 3.14. The smallest absolute Gasteiger partial charge is 0.233 e. The molecule has 2 nitrogen and oxygen atoms in total. The average Bonchev–Trinajstić information content (AvgIpc) is 2.55. The molecule has 0 heterocycles. The maximum absolute atomic E-state index is 11.6. The maximum atomic E-state index is 11.6. The van der Waals surface area contributed by atoms with Gasteiger partial charge in [-0.2, -0.15) is 12.6 Å². The normalized spacial score (nSPS) is 20.0. The zero-order valence-corrected chi connectivity index (χ0v) is 10.0. The van der Waals surface area contributed by atoms with Crippen LogP contribution in [0.1, 0.15) is 46.0 Å². The highest BCUT2D eigenvalue weighted by atomic mass is 32.1. The molecular weight excluding hydrogens is 194 g/mol. The molecule has 0 aromatic rings. The van der Waals surface area contributed by atoms with Gasteiger partial charge in [-0.15, -0.1) is 0 Å². The van der Waals surface area contributed by atoms with Gasteiger partial charge in [0.05, 0.1) is 5.25 Å². The molecule has 0 aromatic carbocycles. The van der Waals surface area contributed by atoms with E-state index < -0.39 is 0 Å². The number of rotatable bonds is 4. The molecular formula is C11H21NOS. The summed E-state index contributed by atoms with van der Waals surface area (Å²) in [5.74, 6) is 0.653. The quantitative estimate of drug-likeness (QED) is 0.693. The average molecular weight is 215 g/mol. The van der Waals surface area contributed by atoms with Crippen LogP contribution in [-0.2, 0) is 4.79 Å². The third-order valence-electron chi connectivity index (χ3n) is 2.70. The van der Waals surface area contributed by atoms with E-state index in [9.17, 15) is 4.79 Å². The highest BCUT2D eigenvalue weighted by Crippen LogP contribution is 2.18. The first-order valence-corrected chi connectivity index (χ1v) is 6.09. The molecule has 1 saturated carbocycles. The Bertz CT molecular complexity index is 188. The van der Waals surface area contributed by atoms with Gasteiger partial charge in [-0.3, -0.25) is 4.79 Å². The van der Waals surface area contributed by atoms with Crippen LogP contribution in [0, 0.1) is 5.92 Å². The van der Waals surface area contributed by atoms with Crippen LogP contribution in [0.15, 0.2) is 0 Å². The van der Waals surface area contributed by atoms with Gasteiger partial charge in [0.2, 0.25) is 5.91 Å². The minimum atomic E-state index is -0.129. The first-order valence-electron chi connectivity index (χ1n) is 5.58. The summed E-state index contributed by atoms with van der Waals surface area (Å²) >= 11 is 4.33. The Morgan fingerprint density at radius 1 is 1.43 bits per heavy atom. The molecule has 0 saturated heterocycles. The number of thiol groups is 1. The summed E-state index contributed by atoms with van der Waals surface area (Å²) < 4.78 is 0. The second-order valence-electron chi connectivity index (χ2n) is 4.64. The van der Waals surface area contributed by atoms with Crippen molar-refractivity contribution in [3.63, 3.8) is 0 Å². The van der Waals surface area contributed by atoms with E-state index in [0.29, 0.717) is 12.0 Å². The first kappa shape index (κ1) is 11.9. The summed E-state index contributed by atoms with van der Waals surface area (Å²) in [5.41, 5.74) is 0. The van der Waals surface area contributed by atoms with E-state index in [2.05, 4.69) is 31.8 Å². The zero-order chi connectivity index (χ0) is 10.6. The Balaban J connectivity index is 2.25. The molecule has 0 aliphatic heterocycles. The van der Waals surface area contributed by atoms with E-state index in [-0.39, 0.29) is 11.2 Å². The highest BCUT2D eigenvalue weighted by Gasteiger charge is 2.21. The number of carbonyl (C=O) groups is 1. The van der Waals surface area contributed by atoms with Crippen molar-refractivity contribution in [1.82, 2.24) is 5.32 Å². The Morgan fingerprint density at radius 3 is 2.50 bits per heavy atom. The summed E-state index contributed by atoms with van der Waals surface area (Å²) in [4.78, 5) is 11.6. The van der Waals surface area contributed by atoms with Gasteiger partial charge in [0.15, 0.2) is 0 Å². The Hall–Kier alpha value is -0.180. The summed E-state index contributed by atoms with van der Waals surface area (Å²) in [6.07, 6.45) is 5.67. The van der Waals surface area contributed by atoms with Crippen LogP contribution < -0.4 is 5.32 Å². The molecule has 1 aliphatic rings. The van der Waals surface area contributed by atoms with Crippen LogP contribution in [0.2, 0.25) is 0 Å². The van der Waals surface area contributed by atoms with Gasteiger partial charge in [-0.25, -0.2) is 0 Å². The largest absolute Gasteiger partial charge is 0.352 e. The topological polar surface area (TPSA) is 29.1 Å². The van der Waals surface area contributed by atoms with Gasteiger partial charge in [-0.05, 0) is 25.2 Å². The second kappa shape index (κ2) is 5.64. The van der Waals surface area contributed by atoms with Crippen LogP contribution in [0.4, 0.5) is 0 Å². The Morgan fingerprint density at radius 2 is 2.00 bits per heavy atom. The van der Waals surface area contributed by atoms with Gasteiger partial charge >= 0.3 is 0 Å². The lowest BCUT2D eigenvalue weighted by Crippen LogP contribution is -2.38. The van der Waals surface area contributed by atoms with Crippen LogP contribution in [0.25, 0.3) is 0 Å². The molecule has 1 N–H and O–H groups in total. The van der Waals surface area contributed by atoms with Crippen molar-refractivity contribution in [2.24, 2.45) is 5.92 Å². The number of hydrogen-bond donors (Lipinski definition) is 2. The molecule has 1 amide bonds. The van der Waals surface area contributed by atoms with Crippen molar-refractivity contribution in [2.75, 3.05) is 0 Å². The lowest BCUT2D eigenvalue weighted by atomic mass is 10.1. The number of amides is 1. The van der Waals surface area contributed by atoms with Gasteiger partial charge in [0.1, 0.15) is 0 Å². The van der Waals surface area contributed by atoms with E-state index in [1.807, 2.05) is 0 Å². The minimum absolute atomic E-state index is 0.119. The van der Waals surface area contributed by atoms with E-state index in [4.69, 9.17) is 0 Å². The van der Waals surface area contributed by atoms with Crippen molar-refractivity contribution >= 4 is 18.5 Å². The highest BCUT2D eigenvalue weighted by molar-refractivity contribution is 7.81. The third kappa shape index (κ3) is 3.91. The number of nitrogens with one attached hydrogen (secondary N) is 1. The van der Waals surface area contributed by atoms with Crippen molar-refractivity contribution in [1.29, 1.82) is 0 Å². The molecule has 0 spiro atoms. The molecule has 1 atom stereocenters. The lowest BCUT2D eigenvalue weighted by molar-refractivity contribution is -0.121. The number of hydrogen-bond acceptors (Lipinski definition) is 2. The number of carbonyl (C=O) groups excluding carboxylic acids is 1. The summed E-state index contributed by atoms with van der Waals surface area (Å²) in [6.45, 7) is 4.23. The monoisotopic (exact) mass is 215 g/mol. The lowest BCUT2D eigenvalue weighted by Gasteiger charge is -2.17. The molecule has 1 fully saturated rings. The van der Waals surface area contributed by atoms with Crippen LogP contribution >= 0.6 is 12.6 Å². The van der Waals surface area contributed by atoms with Crippen molar-refractivity contribution in [2.45, 2.75) is 57.2 Å². The fourth-order valence-corrected chi connectivity index (χ4v) is 2.42. The molecule has 14 heavy (non-hydrogen) atoms. The minimum Gasteiger partial charge on any atom is -0.352 e.